The van der Waals surface area contributed by atoms with Gasteiger partial charge >= 0.3 is 6.18 Å². The van der Waals surface area contributed by atoms with Crippen LogP contribution in [0.25, 0.3) is 0 Å². The highest BCUT2D eigenvalue weighted by molar-refractivity contribution is 4.63. The Hall–Kier alpha value is -0.330. The molecule has 0 heterocycles. The molecule has 1 unspecified atom stereocenters. The van der Waals surface area contributed by atoms with Gasteiger partial charge in [0.2, 0.25) is 0 Å². The van der Waals surface area contributed by atoms with E-state index in [1.165, 1.54) is 0 Å². The zero-order valence-corrected chi connectivity index (χ0v) is 8.81. The fourth-order valence-corrected chi connectivity index (χ4v) is 1.13. The Morgan fingerprint density at radius 3 is 2.53 bits per heavy atom. The van der Waals surface area contributed by atoms with Crippen molar-refractivity contribution in [3.05, 3.63) is 0 Å². The number of aliphatic hydroxyl groups excluding tert-OH is 1. The molecule has 0 rings (SSSR count). The number of aliphatic hydroxyl groups is 1. The summed E-state index contributed by atoms with van der Waals surface area (Å²) in [5, 5.41) is 11.7. The third-order valence-electron chi connectivity index (χ3n) is 1.92. The molecular weight excluding hydrogens is 211 g/mol. The number of alkyl halides is 3. The zero-order valence-electron chi connectivity index (χ0n) is 8.81. The average Bonchev–Trinajstić information content (AvgIpc) is 2.14. The first-order valence-electron chi connectivity index (χ1n) is 4.98. The molecule has 0 saturated heterocycles. The number of hydrogen-bond acceptors (Lipinski definition) is 3. The van der Waals surface area contributed by atoms with Crippen molar-refractivity contribution in [1.29, 1.82) is 0 Å². The number of rotatable bonds is 8. The number of ether oxygens (including phenoxy) is 1. The highest BCUT2D eigenvalue weighted by Crippen LogP contribution is 2.13. The molecular formula is C9H18F3NO2. The van der Waals surface area contributed by atoms with E-state index in [-0.39, 0.29) is 19.3 Å². The lowest BCUT2D eigenvalue weighted by Gasteiger charge is -2.15. The van der Waals surface area contributed by atoms with E-state index in [9.17, 15) is 13.2 Å². The topological polar surface area (TPSA) is 41.5 Å². The highest BCUT2D eigenvalue weighted by Gasteiger charge is 2.27. The smallest absolute Gasteiger partial charge is 0.396 e. The van der Waals surface area contributed by atoms with Crippen LogP contribution in [0.2, 0.25) is 0 Å². The molecule has 0 aliphatic rings. The minimum atomic E-state index is -4.25. The van der Waals surface area contributed by atoms with E-state index < -0.39 is 12.8 Å². The summed E-state index contributed by atoms with van der Waals surface area (Å²) in [4.78, 5) is 0. The van der Waals surface area contributed by atoms with E-state index in [4.69, 9.17) is 5.11 Å². The van der Waals surface area contributed by atoms with Gasteiger partial charge in [-0.3, -0.25) is 0 Å². The number of nitrogens with one attached hydrogen (secondary N) is 1. The largest absolute Gasteiger partial charge is 0.411 e. The molecule has 0 bridgehead atoms. The van der Waals surface area contributed by atoms with Gasteiger partial charge in [-0.25, -0.2) is 0 Å². The van der Waals surface area contributed by atoms with Crippen LogP contribution in [0.15, 0.2) is 0 Å². The molecule has 0 aromatic rings. The Kier molecular flexibility index (Phi) is 7.72. The average molecular weight is 229 g/mol. The fourth-order valence-electron chi connectivity index (χ4n) is 1.13. The van der Waals surface area contributed by atoms with Gasteiger partial charge in [0.15, 0.2) is 0 Å². The highest BCUT2D eigenvalue weighted by atomic mass is 19.4. The first-order chi connectivity index (χ1) is 6.99. The summed E-state index contributed by atoms with van der Waals surface area (Å²) in [5.41, 5.74) is 0. The number of hydrogen-bond donors (Lipinski definition) is 2. The lowest BCUT2D eigenvalue weighted by atomic mass is 10.1. The van der Waals surface area contributed by atoms with E-state index >= 15 is 0 Å². The van der Waals surface area contributed by atoms with Crippen LogP contribution in [0.3, 0.4) is 0 Å². The second-order valence-electron chi connectivity index (χ2n) is 3.24. The van der Waals surface area contributed by atoms with Gasteiger partial charge in [-0.15, -0.1) is 0 Å². The lowest BCUT2D eigenvalue weighted by Crippen LogP contribution is -2.33. The van der Waals surface area contributed by atoms with Crippen molar-refractivity contribution in [3.8, 4) is 0 Å². The maximum absolute atomic E-state index is 11.6. The predicted molar refractivity (Wildman–Crippen MR) is 50.7 cm³/mol. The van der Waals surface area contributed by atoms with E-state index in [1.54, 1.807) is 0 Å². The van der Waals surface area contributed by atoms with Gasteiger partial charge in [-0.2, -0.15) is 13.2 Å². The van der Waals surface area contributed by atoms with Crippen molar-refractivity contribution < 1.29 is 23.0 Å². The van der Waals surface area contributed by atoms with Crippen molar-refractivity contribution in [2.45, 2.75) is 32.0 Å². The molecule has 0 saturated carbocycles. The van der Waals surface area contributed by atoms with Crippen LogP contribution in [0.5, 0.6) is 0 Å². The van der Waals surface area contributed by atoms with Crippen molar-refractivity contribution in [2.75, 3.05) is 26.4 Å². The van der Waals surface area contributed by atoms with Crippen LogP contribution in [0.4, 0.5) is 13.2 Å². The minimum Gasteiger partial charge on any atom is -0.396 e. The molecule has 0 aliphatic heterocycles. The zero-order chi connectivity index (χ0) is 11.7. The molecule has 0 fully saturated rings. The molecule has 2 N–H and O–H groups in total. The van der Waals surface area contributed by atoms with Crippen LogP contribution in [0, 0.1) is 0 Å². The summed E-state index contributed by atoms with van der Waals surface area (Å²) in [6, 6.07) is 0.143. The molecule has 0 aromatic carbocycles. The third-order valence-corrected chi connectivity index (χ3v) is 1.92. The third kappa shape index (κ3) is 9.96. The van der Waals surface area contributed by atoms with Gasteiger partial charge < -0.3 is 15.2 Å². The van der Waals surface area contributed by atoms with Crippen molar-refractivity contribution in [3.63, 3.8) is 0 Å². The predicted octanol–water partition coefficient (Wildman–Crippen LogP) is 1.32. The van der Waals surface area contributed by atoms with E-state index in [0.717, 1.165) is 6.42 Å². The molecule has 0 spiro atoms. The Bertz CT molecular complexity index is 153. The second kappa shape index (κ2) is 7.90. The Labute approximate surface area is 87.6 Å². The fraction of sp³-hybridized carbons (Fsp3) is 1.00. The summed E-state index contributed by atoms with van der Waals surface area (Å²) in [5.74, 6) is 0. The minimum absolute atomic E-state index is 0.0292. The quantitative estimate of drug-likeness (QED) is 0.617. The van der Waals surface area contributed by atoms with Gasteiger partial charge in [0.05, 0.1) is 6.61 Å². The molecule has 15 heavy (non-hydrogen) atoms. The van der Waals surface area contributed by atoms with Crippen LogP contribution in [-0.4, -0.2) is 43.7 Å². The summed E-state index contributed by atoms with van der Waals surface area (Å²) >= 11 is 0. The van der Waals surface area contributed by atoms with Gasteiger partial charge in [0, 0.05) is 19.2 Å². The molecule has 0 radical (unpaired) electrons. The molecule has 0 amide bonds. The maximum atomic E-state index is 11.6. The molecule has 92 valence electrons. The summed E-state index contributed by atoms with van der Waals surface area (Å²) in [6.45, 7) is 1.22. The summed E-state index contributed by atoms with van der Waals surface area (Å²) in [6.07, 6.45) is -2.81. The van der Waals surface area contributed by atoms with Crippen molar-refractivity contribution in [2.24, 2.45) is 0 Å². The van der Waals surface area contributed by atoms with Crippen LogP contribution in [0.1, 0.15) is 19.8 Å². The molecule has 6 heteroatoms. The Balaban J connectivity index is 3.36. The SMILES string of the molecule is CCC(CCO)NCCOCC(F)(F)F. The van der Waals surface area contributed by atoms with E-state index in [0.29, 0.717) is 13.0 Å². The molecule has 1 atom stereocenters. The standard InChI is InChI=1S/C9H18F3NO2/c1-2-8(3-5-14)13-4-6-15-7-9(10,11)12/h8,13-14H,2-7H2,1H3. The van der Waals surface area contributed by atoms with E-state index in [1.807, 2.05) is 6.92 Å². The number of halogens is 3. The van der Waals surface area contributed by atoms with Gasteiger partial charge in [-0.05, 0) is 12.8 Å². The Morgan fingerprint density at radius 1 is 1.40 bits per heavy atom. The maximum Gasteiger partial charge on any atom is 0.411 e. The van der Waals surface area contributed by atoms with Gasteiger partial charge in [0.1, 0.15) is 6.61 Å². The van der Waals surface area contributed by atoms with Crippen LogP contribution < -0.4 is 5.32 Å². The Morgan fingerprint density at radius 2 is 2.07 bits per heavy atom. The normalized spacial score (nSPS) is 14.2. The first-order valence-corrected chi connectivity index (χ1v) is 4.98. The van der Waals surface area contributed by atoms with E-state index in [2.05, 4.69) is 10.1 Å². The van der Waals surface area contributed by atoms with Crippen molar-refractivity contribution in [1.82, 2.24) is 5.32 Å². The molecule has 0 aliphatic carbocycles. The first kappa shape index (κ1) is 14.7. The molecule has 3 nitrogen and oxygen atoms in total. The molecule has 0 aromatic heterocycles. The van der Waals surface area contributed by atoms with Crippen LogP contribution >= 0.6 is 0 Å². The summed E-state index contributed by atoms with van der Waals surface area (Å²) < 4.78 is 39.4. The second-order valence-corrected chi connectivity index (χ2v) is 3.24. The monoisotopic (exact) mass is 229 g/mol. The van der Waals surface area contributed by atoms with Crippen molar-refractivity contribution >= 4 is 0 Å². The lowest BCUT2D eigenvalue weighted by molar-refractivity contribution is -0.173. The van der Waals surface area contributed by atoms with Crippen LogP contribution in [-0.2, 0) is 4.74 Å². The summed E-state index contributed by atoms with van der Waals surface area (Å²) in [7, 11) is 0. The van der Waals surface area contributed by atoms with Gasteiger partial charge in [-0.1, -0.05) is 6.92 Å². The van der Waals surface area contributed by atoms with Gasteiger partial charge in [0.25, 0.3) is 0 Å².